The number of aromatic nitrogens is 3. The highest BCUT2D eigenvalue weighted by atomic mass is 35.5. The topological polar surface area (TPSA) is 69.0 Å². The number of nitrogens with zero attached hydrogens (tertiary/aromatic N) is 3. The first-order valence-electron chi connectivity index (χ1n) is 9.96. The van der Waals surface area contributed by atoms with E-state index in [1.165, 1.54) is 11.8 Å². The Morgan fingerprint density at radius 3 is 2.74 bits per heavy atom. The molecular formula is C23H25ClN4O2S. The molecule has 1 heterocycles. The molecule has 0 fully saturated rings. The summed E-state index contributed by atoms with van der Waals surface area (Å²) in [5, 5.41) is 12.7. The van der Waals surface area contributed by atoms with E-state index in [9.17, 15) is 4.79 Å². The first-order chi connectivity index (χ1) is 15.1. The number of halogens is 1. The Morgan fingerprint density at radius 2 is 2.00 bits per heavy atom. The molecule has 8 heteroatoms. The Hall–Kier alpha value is -2.77. The highest BCUT2D eigenvalue weighted by molar-refractivity contribution is 7.99. The Labute approximate surface area is 191 Å². The van der Waals surface area contributed by atoms with Gasteiger partial charge in [0, 0.05) is 23.7 Å². The van der Waals surface area contributed by atoms with Gasteiger partial charge in [0.15, 0.2) is 5.16 Å². The van der Waals surface area contributed by atoms with Crippen molar-refractivity contribution in [2.45, 2.75) is 31.5 Å². The Kier molecular flexibility index (Phi) is 8.55. The third-order valence-electron chi connectivity index (χ3n) is 4.46. The molecule has 0 saturated heterocycles. The number of carbonyl (C=O) groups is 1. The van der Waals surface area contributed by atoms with Crippen molar-refractivity contribution in [3.8, 4) is 5.75 Å². The molecule has 31 heavy (non-hydrogen) atoms. The minimum absolute atomic E-state index is 0.117. The second-order valence-corrected chi connectivity index (χ2v) is 8.24. The lowest BCUT2D eigenvalue weighted by Gasteiger charge is -2.10. The predicted octanol–water partition coefficient (Wildman–Crippen LogP) is 5.17. The summed E-state index contributed by atoms with van der Waals surface area (Å²) in [6.07, 6.45) is 3.34. The average molecular weight is 457 g/mol. The van der Waals surface area contributed by atoms with Gasteiger partial charge in [-0.15, -0.1) is 16.8 Å². The summed E-state index contributed by atoms with van der Waals surface area (Å²) in [6, 6.07) is 15.0. The molecule has 0 radical (unpaired) electrons. The fourth-order valence-electron chi connectivity index (χ4n) is 2.91. The van der Waals surface area contributed by atoms with E-state index in [0.29, 0.717) is 29.0 Å². The van der Waals surface area contributed by atoms with E-state index in [-0.39, 0.29) is 11.7 Å². The van der Waals surface area contributed by atoms with Crippen LogP contribution in [-0.2, 0) is 17.8 Å². The fraction of sp³-hybridized carbons (Fsp3) is 0.261. The third-order valence-corrected chi connectivity index (χ3v) is 5.68. The van der Waals surface area contributed by atoms with E-state index in [1.807, 2.05) is 35.8 Å². The van der Waals surface area contributed by atoms with Crippen molar-refractivity contribution >= 4 is 35.0 Å². The molecule has 0 bridgehead atoms. The van der Waals surface area contributed by atoms with Gasteiger partial charge in [-0.2, -0.15) is 0 Å². The number of hydrogen-bond donors (Lipinski definition) is 1. The molecule has 1 amide bonds. The van der Waals surface area contributed by atoms with Crippen LogP contribution in [0.1, 0.15) is 17.8 Å². The number of amides is 1. The van der Waals surface area contributed by atoms with E-state index in [1.54, 1.807) is 30.3 Å². The lowest BCUT2D eigenvalue weighted by molar-refractivity contribution is -0.113. The molecule has 0 aliphatic rings. The summed E-state index contributed by atoms with van der Waals surface area (Å²) in [4.78, 5) is 12.3. The van der Waals surface area contributed by atoms with Crippen molar-refractivity contribution in [1.82, 2.24) is 14.8 Å². The molecule has 162 valence electrons. The van der Waals surface area contributed by atoms with Crippen LogP contribution in [0.25, 0.3) is 0 Å². The van der Waals surface area contributed by atoms with Crippen LogP contribution >= 0.6 is 23.4 Å². The van der Waals surface area contributed by atoms with Crippen molar-refractivity contribution in [2.75, 3.05) is 17.7 Å². The van der Waals surface area contributed by atoms with Gasteiger partial charge in [-0.25, -0.2) is 0 Å². The van der Waals surface area contributed by atoms with Gasteiger partial charge in [0.1, 0.15) is 11.6 Å². The molecule has 3 rings (SSSR count). The molecule has 0 saturated carbocycles. The van der Waals surface area contributed by atoms with Gasteiger partial charge in [0.2, 0.25) is 5.91 Å². The van der Waals surface area contributed by atoms with Crippen LogP contribution in [0.5, 0.6) is 5.75 Å². The predicted molar refractivity (Wildman–Crippen MR) is 126 cm³/mol. The molecule has 1 aromatic heterocycles. The van der Waals surface area contributed by atoms with Gasteiger partial charge >= 0.3 is 0 Å². The van der Waals surface area contributed by atoms with E-state index in [2.05, 4.69) is 22.1 Å². The first-order valence-corrected chi connectivity index (χ1v) is 11.3. The maximum atomic E-state index is 12.3. The highest BCUT2D eigenvalue weighted by Gasteiger charge is 2.14. The molecule has 3 aromatic rings. The van der Waals surface area contributed by atoms with Gasteiger partial charge in [0.05, 0.1) is 12.4 Å². The molecule has 6 nitrogen and oxygen atoms in total. The maximum Gasteiger partial charge on any atom is 0.234 e. The van der Waals surface area contributed by atoms with Crippen molar-refractivity contribution < 1.29 is 9.53 Å². The normalized spacial score (nSPS) is 10.6. The molecular weight excluding hydrogens is 432 g/mol. The van der Waals surface area contributed by atoms with Crippen molar-refractivity contribution in [3.63, 3.8) is 0 Å². The van der Waals surface area contributed by atoms with Crippen LogP contribution in [0.2, 0.25) is 5.02 Å². The van der Waals surface area contributed by atoms with Crippen LogP contribution in [-0.4, -0.2) is 33.0 Å². The van der Waals surface area contributed by atoms with E-state index in [4.69, 9.17) is 16.3 Å². The average Bonchev–Trinajstić information content (AvgIpc) is 3.14. The molecule has 2 aromatic carbocycles. The number of carbonyl (C=O) groups excluding carboxylic acids is 1. The van der Waals surface area contributed by atoms with Gasteiger partial charge < -0.3 is 14.6 Å². The summed E-state index contributed by atoms with van der Waals surface area (Å²) in [6.45, 7) is 7.03. The summed E-state index contributed by atoms with van der Waals surface area (Å²) in [5.41, 5.74) is 1.82. The van der Waals surface area contributed by atoms with E-state index in [0.717, 1.165) is 30.0 Å². The monoisotopic (exact) mass is 456 g/mol. The summed E-state index contributed by atoms with van der Waals surface area (Å²) < 4.78 is 7.85. The minimum Gasteiger partial charge on any atom is -0.493 e. The van der Waals surface area contributed by atoms with Gasteiger partial charge in [-0.05, 0) is 49.2 Å². The number of thioether (sulfide) groups is 1. The van der Waals surface area contributed by atoms with E-state index < -0.39 is 0 Å². The van der Waals surface area contributed by atoms with Gasteiger partial charge in [-0.3, -0.25) is 4.79 Å². The van der Waals surface area contributed by atoms with Crippen LogP contribution in [0.3, 0.4) is 0 Å². The van der Waals surface area contributed by atoms with Crippen molar-refractivity contribution in [3.05, 3.63) is 77.6 Å². The maximum absolute atomic E-state index is 12.3. The molecule has 0 atom stereocenters. The lowest BCUT2D eigenvalue weighted by atomic mass is 10.2. The Bertz CT molecular complexity index is 1020. The lowest BCUT2D eigenvalue weighted by Crippen LogP contribution is -2.14. The molecule has 0 aliphatic carbocycles. The smallest absolute Gasteiger partial charge is 0.234 e. The number of rotatable bonds is 11. The number of hydrogen-bond acceptors (Lipinski definition) is 5. The number of benzene rings is 2. The van der Waals surface area contributed by atoms with Crippen LogP contribution in [0.15, 0.2) is 66.3 Å². The van der Waals surface area contributed by atoms with Gasteiger partial charge in [0.25, 0.3) is 0 Å². The molecule has 0 unspecified atom stereocenters. The Morgan fingerprint density at radius 1 is 1.23 bits per heavy atom. The van der Waals surface area contributed by atoms with Gasteiger partial charge in [-0.1, -0.05) is 47.6 Å². The molecule has 1 N–H and O–H groups in total. The third kappa shape index (κ3) is 6.87. The SMILES string of the molecule is C=CCn1c(CCCOc2ccccc2C)nnc1SCC(=O)Nc1ccc(Cl)cc1. The summed E-state index contributed by atoms with van der Waals surface area (Å²) >= 11 is 7.22. The van der Waals surface area contributed by atoms with Crippen molar-refractivity contribution in [2.24, 2.45) is 0 Å². The number of para-hydroxylation sites is 1. The number of allylic oxidation sites excluding steroid dienone is 1. The van der Waals surface area contributed by atoms with Crippen LogP contribution in [0, 0.1) is 6.92 Å². The summed E-state index contributed by atoms with van der Waals surface area (Å²) in [5.74, 6) is 1.87. The number of aryl methyl sites for hydroxylation is 2. The zero-order chi connectivity index (χ0) is 22.1. The zero-order valence-corrected chi connectivity index (χ0v) is 19.0. The quantitative estimate of drug-likeness (QED) is 0.245. The van der Waals surface area contributed by atoms with Crippen LogP contribution in [0.4, 0.5) is 5.69 Å². The number of nitrogens with one attached hydrogen (secondary N) is 1. The van der Waals surface area contributed by atoms with E-state index >= 15 is 0 Å². The minimum atomic E-state index is -0.117. The number of anilines is 1. The fourth-order valence-corrected chi connectivity index (χ4v) is 3.81. The second kappa shape index (κ2) is 11.6. The summed E-state index contributed by atoms with van der Waals surface area (Å²) in [7, 11) is 0. The largest absolute Gasteiger partial charge is 0.493 e. The highest BCUT2D eigenvalue weighted by Crippen LogP contribution is 2.20. The zero-order valence-electron chi connectivity index (χ0n) is 17.4. The molecule has 0 aliphatic heterocycles. The second-order valence-electron chi connectivity index (χ2n) is 6.86. The standard InChI is InChI=1S/C23H25ClN4O2S/c1-3-14-28-21(9-6-15-30-20-8-5-4-7-17(20)2)26-27-23(28)31-16-22(29)25-19-12-10-18(24)11-13-19/h3-5,7-8,10-13H,1,6,9,14-16H2,2H3,(H,25,29). The first kappa shape index (κ1) is 22.9. The Balaban J connectivity index is 1.51. The van der Waals surface area contributed by atoms with Crippen LogP contribution < -0.4 is 10.1 Å². The number of ether oxygens (including phenoxy) is 1. The van der Waals surface area contributed by atoms with Crippen molar-refractivity contribution in [1.29, 1.82) is 0 Å². The molecule has 0 spiro atoms.